The highest BCUT2D eigenvalue weighted by Crippen LogP contribution is 2.32. The molecule has 22 heavy (non-hydrogen) atoms. The van der Waals surface area contributed by atoms with E-state index in [-0.39, 0.29) is 11.7 Å². The Labute approximate surface area is 131 Å². The van der Waals surface area contributed by atoms with Crippen molar-refractivity contribution in [1.82, 2.24) is 20.0 Å². The van der Waals surface area contributed by atoms with E-state index in [1.54, 1.807) is 6.07 Å². The van der Waals surface area contributed by atoms with Gasteiger partial charge in [-0.1, -0.05) is 36.2 Å². The van der Waals surface area contributed by atoms with Gasteiger partial charge in [0.2, 0.25) is 11.1 Å². The molecule has 0 spiro atoms. The number of nitrogen functional groups attached to an aromatic ring is 1. The minimum atomic E-state index is -0.193. The molecule has 0 radical (unpaired) electrons. The molecule has 1 saturated carbocycles. The van der Waals surface area contributed by atoms with Gasteiger partial charge >= 0.3 is 0 Å². The molecule has 0 bridgehead atoms. The molecule has 2 aromatic heterocycles. The molecule has 2 aromatic rings. The first-order valence-electron chi connectivity index (χ1n) is 7.27. The van der Waals surface area contributed by atoms with Crippen LogP contribution in [0.5, 0.6) is 0 Å². The average molecular weight is 322 g/mol. The second kappa shape index (κ2) is 6.82. The summed E-state index contributed by atoms with van der Waals surface area (Å²) in [6.07, 6.45) is 7.30. The molecule has 0 aliphatic heterocycles. The van der Waals surface area contributed by atoms with Crippen molar-refractivity contribution in [3.8, 4) is 0 Å². The van der Waals surface area contributed by atoms with Gasteiger partial charge in [0, 0.05) is 12.0 Å². The van der Waals surface area contributed by atoms with E-state index in [4.69, 9.17) is 5.84 Å². The van der Waals surface area contributed by atoms with E-state index >= 15 is 0 Å². The number of nitrogens with one attached hydrogen (secondary N) is 1. The summed E-state index contributed by atoms with van der Waals surface area (Å²) in [7, 11) is 0. The summed E-state index contributed by atoms with van der Waals surface area (Å²) < 4.78 is 6.17. The molecular weight excluding hydrogens is 304 g/mol. The lowest BCUT2D eigenvalue weighted by atomic mass is 9.89. The van der Waals surface area contributed by atoms with Crippen LogP contribution in [0.1, 0.15) is 43.8 Å². The Bertz CT molecular complexity index is 621. The molecule has 9 heteroatoms. The smallest absolute Gasteiger partial charge is 0.236 e. The van der Waals surface area contributed by atoms with Crippen LogP contribution in [-0.2, 0) is 4.79 Å². The van der Waals surface area contributed by atoms with Crippen molar-refractivity contribution >= 4 is 23.5 Å². The molecule has 1 aliphatic carbocycles. The second-order valence-electron chi connectivity index (χ2n) is 5.27. The lowest BCUT2D eigenvalue weighted by molar-refractivity contribution is -0.113. The van der Waals surface area contributed by atoms with Gasteiger partial charge in [0.25, 0.3) is 0 Å². The van der Waals surface area contributed by atoms with Crippen molar-refractivity contribution in [1.29, 1.82) is 0 Å². The predicted molar refractivity (Wildman–Crippen MR) is 81.9 cm³/mol. The van der Waals surface area contributed by atoms with Crippen molar-refractivity contribution in [2.24, 2.45) is 0 Å². The van der Waals surface area contributed by atoms with Gasteiger partial charge in [-0.25, -0.2) is 4.68 Å². The number of hydrogen-bond donors (Lipinski definition) is 2. The molecule has 3 N–H and O–H groups in total. The number of carbonyl (C=O) groups excluding carboxylic acids is 1. The van der Waals surface area contributed by atoms with Crippen molar-refractivity contribution in [3.63, 3.8) is 0 Å². The van der Waals surface area contributed by atoms with Gasteiger partial charge in [-0.3, -0.25) is 4.79 Å². The molecule has 8 nitrogen and oxygen atoms in total. The topological polar surface area (TPSA) is 112 Å². The van der Waals surface area contributed by atoms with Gasteiger partial charge in [0.15, 0.2) is 11.6 Å². The third kappa shape index (κ3) is 3.41. The normalized spacial score (nSPS) is 15.8. The van der Waals surface area contributed by atoms with E-state index in [2.05, 4.69) is 25.2 Å². The summed E-state index contributed by atoms with van der Waals surface area (Å²) in [4.78, 5) is 11.8. The molecule has 0 aromatic carbocycles. The van der Waals surface area contributed by atoms with Crippen LogP contribution in [-0.4, -0.2) is 31.7 Å². The highest BCUT2D eigenvalue weighted by Gasteiger charge is 2.22. The van der Waals surface area contributed by atoms with Crippen molar-refractivity contribution < 1.29 is 9.32 Å². The summed E-state index contributed by atoms with van der Waals surface area (Å²) in [5, 5.41) is 15.1. The molecule has 118 valence electrons. The predicted octanol–water partition coefficient (Wildman–Crippen LogP) is 1.76. The Morgan fingerprint density at radius 1 is 1.41 bits per heavy atom. The zero-order chi connectivity index (χ0) is 15.4. The van der Waals surface area contributed by atoms with E-state index in [9.17, 15) is 4.79 Å². The Kier molecular flexibility index (Phi) is 4.62. The standard InChI is InChI=1S/C13H18N6O2S/c14-19-12(9-4-2-1-3-5-9)16-17-13(19)22-8-11(20)15-10-6-7-21-18-10/h6-7,9H,1-5,8,14H2,(H,15,18,20). The quantitative estimate of drug-likeness (QED) is 0.637. The summed E-state index contributed by atoms with van der Waals surface area (Å²) in [6, 6.07) is 1.58. The second-order valence-corrected chi connectivity index (χ2v) is 6.21. The van der Waals surface area contributed by atoms with Gasteiger partial charge in [0.1, 0.15) is 6.26 Å². The van der Waals surface area contributed by atoms with Gasteiger partial charge in [-0.2, -0.15) is 0 Å². The first-order chi connectivity index (χ1) is 10.7. The number of anilines is 1. The fourth-order valence-corrected chi connectivity index (χ4v) is 3.28. The monoisotopic (exact) mass is 322 g/mol. The molecule has 0 saturated heterocycles. The number of nitrogens with zero attached hydrogens (tertiary/aromatic N) is 4. The fraction of sp³-hybridized carbons (Fsp3) is 0.538. The van der Waals surface area contributed by atoms with Crippen LogP contribution >= 0.6 is 11.8 Å². The highest BCUT2D eigenvalue weighted by atomic mass is 32.2. The van der Waals surface area contributed by atoms with Crippen LogP contribution < -0.4 is 11.2 Å². The zero-order valence-corrected chi connectivity index (χ0v) is 12.9. The summed E-state index contributed by atoms with van der Waals surface area (Å²) in [6.45, 7) is 0. The van der Waals surface area contributed by atoms with Crippen LogP contribution in [0.4, 0.5) is 5.82 Å². The van der Waals surface area contributed by atoms with Crippen molar-refractivity contribution in [3.05, 3.63) is 18.2 Å². The fourth-order valence-electron chi connectivity index (χ4n) is 2.61. The first kappa shape index (κ1) is 14.9. The molecule has 0 atom stereocenters. The van der Waals surface area contributed by atoms with Crippen LogP contribution in [0.25, 0.3) is 0 Å². The number of rotatable bonds is 5. The molecule has 1 amide bonds. The summed E-state index contributed by atoms with van der Waals surface area (Å²) >= 11 is 1.26. The Morgan fingerprint density at radius 2 is 2.23 bits per heavy atom. The van der Waals surface area contributed by atoms with Crippen LogP contribution in [0, 0.1) is 0 Å². The van der Waals surface area contributed by atoms with E-state index in [1.807, 2.05) is 0 Å². The van der Waals surface area contributed by atoms with Gasteiger partial charge in [0.05, 0.1) is 5.75 Å². The van der Waals surface area contributed by atoms with Crippen LogP contribution in [0.15, 0.2) is 22.0 Å². The van der Waals surface area contributed by atoms with Crippen LogP contribution in [0.3, 0.4) is 0 Å². The Hall–Kier alpha value is -2.03. The number of aromatic nitrogens is 4. The molecule has 0 unspecified atom stereocenters. The number of thioether (sulfide) groups is 1. The van der Waals surface area contributed by atoms with E-state index in [0.29, 0.717) is 16.9 Å². The largest absolute Gasteiger partial charge is 0.363 e. The lowest BCUT2D eigenvalue weighted by Crippen LogP contribution is -2.19. The SMILES string of the molecule is Nn1c(SCC(=O)Nc2ccon2)nnc1C1CCCCC1. The van der Waals surface area contributed by atoms with Crippen molar-refractivity contribution in [2.75, 3.05) is 16.9 Å². The van der Waals surface area contributed by atoms with E-state index in [1.165, 1.54) is 42.0 Å². The highest BCUT2D eigenvalue weighted by molar-refractivity contribution is 7.99. The molecule has 2 heterocycles. The number of hydrogen-bond acceptors (Lipinski definition) is 7. The van der Waals surface area contributed by atoms with Gasteiger partial charge < -0.3 is 15.7 Å². The lowest BCUT2D eigenvalue weighted by Gasteiger charge is -2.20. The number of amides is 1. The summed E-state index contributed by atoms with van der Waals surface area (Å²) in [5.74, 6) is 7.65. The minimum absolute atomic E-state index is 0.187. The number of nitrogens with two attached hydrogens (primary N) is 1. The molecule has 3 rings (SSSR count). The minimum Gasteiger partial charge on any atom is -0.363 e. The maximum absolute atomic E-state index is 11.8. The Morgan fingerprint density at radius 3 is 2.95 bits per heavy atom. The summed E-state index contributed by atoms with van der Waals surface area (Å²) in [5.41, 5.74) is 0. The molecular formula is C13H18N6O2S. The van der Waals surface area contributed by atoms with Gasteiger partial charge in [-0.15, -0.1) is 10.2 Å². The third-order valence-electron chi connectivity index (χ3n) is 3.70. The maximum atomic E-state index is 11.8. The number of carbonyl (C=O) groups is 1. The Balaban J connectivity index is 1.56. The average Bonchev–Trinajstić information content (AvgIpc) is 3.16. The molecule has 1 fully saturated rings. The van der Waals surface area contributed by atoms with E-state index < -0.39 is 0 Å². The molecule has 1 aliphatic rings. The van der Waals surface area contributed by atoms with Crippen molar-refractivity contribution in [2.45, 2.75) is 43.2 Å². The first-order valence-corrected chi connectivity index (χ1v) is 8.26. The zero-order valence-electron chi connectivity index (χ0n) is 12.1. The maximum Gasteiger partial charge on any atom is 0.236 e. The van der Waals surface area contributed by atoms with E-state index in [0.717, 1.165) is 18.7 Å². The van der Waals surface area contributed by atoms with Gasteiger partial charge in [-0.05, 0) is 12.8 Å². The third-order valence-corrected chi connectivity index (χ3v) is 4.64. The van der Waals surface area contributed by atoms with Crippen LogP contribution in [0.2, 0.25) is 0 Å².